The third-order valence-corrected chi connectivity index (χ3v) is 5.12. The van der Waals surface area contributed by atoms with Crippen molar-refractivity contribution in [2.24, 2.45) is 0 Å². The van der Waals surface area contributed by atoms with Gasteiger partial charge in [0.2, 0.25) is 0 Å². The van der Waals surface area contributed by atoms with Crippen molar-refractivity contribution in [1.82, 2.24) is 0 Å². The van der Waals surface area contributed by atoms with Crippen LogP contribution in [0.1, 0.15) is 31.7 Å². The molecule has 0 fully saturated rings. The Labute approximate surface area is 131 Å². The number of hydrogen-bond donors (Lipinski definition) is 1. The molecule has 0 aliphatic heterocycles. The molecule has 0 radical (unpaired) electrons. The molecule has 21 heavy (non-hydrogen) atoms. The largest absolute Gasteiger partial charge is 0.280 e. The Morgan fingerprint density at radius 1 is 1.05 bits per heavy atom. The zero-order valence-electron chi connectivity index (χ0n) is 12.0. The van der Waals surface area contributed by atoms with Gasteiger partial charge in [0.05, 0.1) is 4.90 Å². The first kappa shape index (κ1) is 15.9. The van der Waals surface area contributed by atoms with Crippen molar-refractivity contribution in [3.8, 4) is 0 Å². The van der Waals surface area contributed by atoms with Crippen LogP contribution in [0.15, 0.2) is 53.4 Å². The highest BCUT2D eigenvalue weighted by Gasteiger charge is 2.14. The number of nitrogens with one attached hydrogen (secondary N) is 1. The maximum Gasteiger partial charge on any atom is 0.261 e. The molecular formula is C16H18ClNO2S. The van der Waals surface area contributed by atoms with Gasteiger partial charge in [-0.25, -0.2) is 8.42 Å². The summed E-state index contributed by atoms with van der Waals surface area (Å²) in [7, 11) is -3.58. The number of sulfonamides is 1. The van der Waals surface area contributed by atoms with Gasteiger partial charge in [0, 0.05) is 10.7 Å². The van der Waals surface area contributed by atoms with E-state index in [-0.39, 0.29) is 4.90 Å². The van der Waals surface area contributed by atoms with Gasteiger partial charge >= 0.3 is 0 Å². The molecule has 0 heterocycles. The SMILES string of the molecule is CC[C@H](C)c1ccc(NS(=O)(=O)c2ccc(Cl)cc2)cc1. The Kier molecular flexibility index (Phi) is 4.91. The third kappa shape index (κ3) is 3.99. The summed E-state index contributed by atoms with van der Waals surface area (Å²) >= 11 is 5.77. The summed E-state index contributed by atoms with van der Waals surface area (Å²) in [5.41, 5.74) is 1.75. The molecule has 1 atom stereocenters. The Morgan fingerprint density at radius 3 is 2.14 bits per heavy atom. The van der Waals surface area contributed by atoms with E-state index in [1.54, 1.807) is 24.3 Å². The second kappa shape index (κ2) is 6.50. The van der Waals surface area contributed by atoms with E-state index < -0.39 is 10.0 Å². The van der Waals surface area contributed by atoms with Gasteiger partial charge in [-0.15, -0.1) is 0 Å². The lowest BCUT2D eigenvalue weighted by Crippen LogP contribution is -2.12. The molecule has 5 heteroatoms. The van der Waals surface area contributed by atoms with Crippen LogP contribution >= 0.6 is 11.6 Å². The number of benzene rings is 2. The topological polar surface area (TPSA) is 46.2 Å². The van der Waals surface area contributed by atoms with Crippen molar-refractivity contribution < 1.29 is 8.42 Å². The second-order valence-electron chi connectivity index (χ2n) is 4.99. The summed E-state index contributed by atoms with van der Waals surface area (Å²) in [6.07, 6.45) is 1.05. The van der Waals surface area contributed by atoms with E-state index >= 15 is 0 Å². The molecule has 0 spiro atoms. The van der Waals surface area contributed by atoms with E-state index in [4.69, 9.17) is 11.6 Å². The Morgan fingerprint density at radius 2 is 1.62 bits per heavy atom. The smallest absolute Gasteiger partial charge is 0.261 e. The van der Waals surface area contributed by atoms with Crippen LogP contribution in [-0.4, -0.2) is 8.42 Å². The molecule has 2 aromatic carbocycles. The van der Waals surface area contributed by atoms with Crippen molar-refractivity contribution in [2.75, 3.05) is 4.72 Å². The molecule has 3 nitrogen and oxygen atoms in total. The minimum absolute atomic E-state index is 0.193. The van der Waals surface area contributed by atoms with Crippen molar-refractivity contribution in [2.45, 2.75) is 31.1 Å². The molecule has 112 valence electrons. The Bertz CT molecular complexity index is 694. The molecule has 0 bridgehead atoms. The van der Waals surface area contributed by atoms with E-state index in [1.165, 1.54) is 17.7 Å². The Balaban J connectivity index is 2.19. The van der Waals surface area contributed by atoms with Crippen LogP contribution < -0.4 is 4.72 Å². The fraction of sp³-hybridized carbons (Fsp3) is 0.250. The van der Waals surface area contributed by atoms with Crippen molar-refractivity contribution in [3.63, 3.8) is 0 Å². The molecule has 1 N–H and O–H groups in total. The van der Waals surface area contributed by atoms with Gasteiger partial charge < -0.3 is 0 Å². The third-order valence-electron chi connectivity index (χ3n) is 3.47. The summed E-state index contributed by atoms with van der Waals surface area (Å²) in [4.78, 5) is 0.193. The normalized spacial score (nSPS) is 12.9. The zero-order valence-corrected chi connectivity index (χ0v) is 13.6. The maximum absolute atomic E-state index is 12.2. The first-order valence-corrected chi connectivity index (χ1v) is 8.67. The maximum atomic E-state index is 12.2. The first-order chi connectivity index (χ1) is 9.92. The number of hydrogen-bond acceptors (Lipinski definition) is 2. The molecule has 2 aromatic rings. The molecule has 0 aliphatic rings. The monoisotopic (exact) mass is 323 g/mol. The van der Waals surface area contributed by atoms with Crippen molar-refractivity contribution >= 4 is 27.3 Å². The second-order valence-corrected chi connectivity index (χ2v) is 7.11. The van der Waals surface area contributed by atoms with E-state index in [1.807, 2.05) is 12.1 Å². The summed E-state index contributed by atoms with van der Waals surface area (Å²) in [5, 5.41) is 0.506. The summed E-state index contributed by atoms with van der Waals surface area (Å²) in [5.74, 6) is 0.465. The lowest BCUT2D eigenvalue weighted by atomic mass is 9.99. The summed E-state index contributed by atoms with van der Waals surface area (Å²) < 4.78 is 27.0. The van der Waals surface area contributed by atoms with E-state index in [2.05, 4.69) is 18.6 Å². The Hall–Kier alpha value is -1.52. The van der Waals surface area contributed by atoms with Crippen LogP contribution in [-0.2, 0) is 10.0 Å². The van der Waals surface area contributed by atoms with Gasteiger partial charge in [-0.3, -0.25) is 4.72 Å². The minimum atomic E-state index is -3.58. The van der Waals surface area contributed by atoms with Gasteiger partial charge in [0.15, 0.2) is 0 Å². The molecule has 2 rings (SSSR count). The number of rotatable bonds is 5. The standard InChI is InChI=1S/C16H18ClNO2S/c1-3-12(2)13-4-8-15(9-5-13)18-21(19,20)16-10-6-14(17)7-11-16/h4-12,18H,3H2,1-2H3/t12-/m0/s1. The first-order valence-electron chi connectivity index (χ1n) is 6.80. The highest BCUT2D eigenvalue weighted by atomic mass is 35.5. The fourth-order valence-electron chi connectivity index (χ4n) is 1.94. The van der Waals surface area contributed by atoms with Gasteiger partial charge in [-0.1, -0.05) is 37.6 Å². The summed E-state index contributed by atoms with van der Waals surface area (Å²) in [6.45, 7) is 4.27. The highest BCUT2D eigenvalue weighted by molar-refractivity contribution is 7.92. The van der Waals surface area contributed by atoms with Gasteiger partial charge in [-0.2, -0.15) is 0 Å². The van der Waals surface area contributed by atoms with E-state index in [0.29, 0.717) is 16.6 Å². The van der Waals surface area contributed by atoms with E-state index in [0.717, 1.165) is 6.42 Å². The van der Waals surface area contributed by atoms with Crippen LogP contribution in [0.25, 0.3) is 0 Å². The lowest BCUT2D eigenvalue weighted by molar-refractivity contribution is 0.601. The van der Waals surface area contributed by atoms with Gasteiger partial charge in [0.1, 0.15) is 0 Å². The molecule has 0 saturated heterocycles. The molecule has 0 unspecified atom stereocenters. The number of anilines is 1. The van der Waals surface area contributed by atoms with Crippen molar-refractivity contribution in [3.05, 3.63) is 59.1 Å². The highest BCUT2D eigenvalue weighted by Crippen LogP contribution is 2.22. The van der Waals surface area contributed by atoms with Crippen LogP contribution in [0.3, 0.4) is 0 Å². The fourth-order valence-corrected chi connectivity index (χ4v) is 3.13. The minimum Gasteiger partial charge on any atom is -0.280 e. The zero-order chi connectivity index (χ0) is 15.5. The average Bonchev–Trinajstić information content (AvgIpc) is 2.47. The van der Waals surface area contributed by atoms with Crippen molar-refractivity contribution in [1.29, 1.82) is 0 Å². The van der Waals surface area contributed by atoms with Crippen LogP contribution in [0.5, 0.6) is 0 Å². The van der Waals surface area contributed by atoms with Crippen LogP contribution in [0, 0.1) is 0 Å². The van der Waals surface area contributed by atoms with Crippen LogP contribution in [0.2, 0.25) is 5.02 Å². The predicted octanol–water partition coefficient (Wildman–Crippen LogP) is 4.65. The van der Waals surface area contributed by atoms with Gasteiger partial charge in [-0.05, 0) is 54.3 Å². The molecule has 0 aromatic heterocycles. The molecule has 0 amide bonds. The summed E-state index contributed by atoms with van der Waals surface area (Å²) in [6, 6.07) is 13.6. The quantitative estimate of drug-likeness (QED) is 0.870. The lowest BCUT2D eigenvalue weighted by Gasteiger charge is -2.11. The van der Waals surface area contributed by atoms with E-state index in [9.17, 15) is 8.42 Å². The van der Waals surface area contributed by atoms with Crippen LogP contribution in [0.4, 0.5) is 5.69 Å². The van der Waals surface area contributed by atoms with Gasteiger partial charge in [0.25, 0.3) is 10.0 Å². The molecular weight excluding hydrogens is 306 g/mol. The molecule has 0 saturated carbocycles. The number of halogens is 1. The predicted molar refractivity (Wildman–Crippen MR) is 87.4 cm³/mol. The molecule has 0 aliphatic carbocycles. The average molecular weight is 324 g/mol.